The van der Waals surface area contributed by atoms with Crippen molar-refractivity contribution in [1.82, 2.24) is 5.32 Å². The summed E-state index contributed by atoms with van der Waals surface area (Å²) in [5.74, 6) is -1.58. The number of rotatable bonds is 11. The predicted molar refractivity (Wildman–Crippen MR) is 133 cm³/mol. The van der Waals surface area contributed by atoms with Crippen molar-refractivity contribution in [1.29, 1.82) is 0 Å². The smallest absolute Gasteiger partial charge is 0.417 e. The highest BCUT2D eigenvalue weighted by Gasteiger charge is 2.34. The molecule has 0 spiro atoms. The molecule has 0 aliphatic carbocycles. The van der Waals surface area contributed by atoms with Gasteiger partial charge in [-0.05, 0) is 40.8 Å². The maximum absolute atomic E-state index is 13.7. The normalized spacial score (nSPS) is 12.7. The van der Waals surface area contributed by atoms with Crippen molar-refractivity contribution in [2.24, 2.45) is 11.1 Å². The van der Waals surface area contributed by atoms with Crippen LogP contribution >= 0.6 is 0 Å². The van der Waals surface area contributed by atoms with Gasteiger partial charge in [-0.15, -0.1) is 6.58 Å². The molecule has 0 saturated carbocycles. The van der Waals surface area contributed by atoms with Gasteiger partial charge in [0.25, 0.3) is 0 Å². The fraction of sp³-hybridized carbons (Fsp3) is 0.214. The topological polar surface area (TPSA) is 70.9 Å². The summed E-state index contributed by atoms with van der Waals surface area (Å²) in [5.41, 5.74) is 2.57. The van der Waals surface area contributed by atoms with Crippen LogP contribution in [0.25, 0.3) is 11.1 Å². The van der Waals surface area contributed by atoms with Gasteiger partial charge in [0.15, 0.2) is 0 Å². The average Bonchev–Trinajstić information content (AvgIpc) is 2.86. The molecule has 0 bridgehead atoms. The number of nitrogens with zero attached hydrogens (tertiary/aromatic N) is 1. The van der Waals surface area contributed by atoms with Crippen LogP contribution in [0.4, 0.5) is 13.2 Å². The molecule has 0 heterocycles. The first-order chi connectivity index (χ1) is 17.2. The fourth-order valence-electron chi connectivity index (χ4n) is 3.55. The molecule has 0 aliphatic heterocycles. The van der Waals surface area contributed by atoms with Crippen LogP contribution in [0.3, 0.4) is 0 Å². The van der Waals surface area contributed by atoms with Crippen molar-refractivity contribution in [3.63, 3.8) is 0 Å². The van der Waals surface area contributed by atoms with Gasteiger partial charge in [-0.2, -0.15) is 13.2 Å². The molecule has 0 fully saturated rings. The minimum Gasteiger partial charge on any atom is -0.481 e. The number of oxime groups is 1. The zero-order valence-corrected chi connectivity index (χ0v) is 19.8. The SMILES string of the molecule is C=CC(CNCc1ccc(/C(C)=N\OCc2ccc(-c3ccccc3)c(C(F)(F)F)c2)cc1)C(=O)O. The van der Waals surface area contributed by atoms with E-state index in [0.29, 0.717) is 23.4 Å². The lowest BCUT2D eigenvalue weighted by Gasteiger charge is -2.14. The Bertz CT molecular complexity index is 1210. The molecular weight excluding hydrogens is 469 g/mol. The summed E-state index contributed by atoms with van der Waals surface area (Å²) in [6.07, 6.45) is -3.11. The number of aliphatic carboxylic acids is 1. The Labute approximate surface area is 207 Å². The van der Waals surface area contributed by atoms with Gasteiger partial charge in [0, 0.05) is 13.1 Å². The average molecular weight is 497 g/mol. The quantitative estimate of drug-likeness (QED) is 0.186. The lowest BCUT2D eigenvalue weighted by molar-refractivity contribution is -0.140. The van der Waals surface area contributed by atoms with Gasteiger partial charge in [0.05, 0.1) is 17.2 Å². The second-order valence-corrected chi connectivity index (χ2v) is 8.20. The molecule has 0 aromatic heterocycles. The molecule has 0 radical (unpaired) electrons. The number of hydrogen-bond acceptors (Lipinski definition) is 4. The Hall–Kier alpha value is -3.91. The van der Waals surface area contributed by atoms with Crippen molar-refractivity contribution < 1.29 is 27.9 Å². The Kier molecular flexibility index (Phi) is 9.02. The molecule has 1 atom stereocenters. The molecule has 3 rings (SSSR count). The highest BCUT2D eigenvalue weighted by Crippen LogP contribution is 2.37. The standard InChI is InChI=1S/C28H27F3N2O3/c1-3-22(27(34)35)17-32-16-20-9-12-23(13-10-20)19(2)33-36-18-21-11-14-25(24-7-5-4-6-8-24)26(15-21)28(29,30)31/h3-15,22,32H,1,16-18H2,2H3,(H,34,35)/b33-19-. The molecule has 0 aliphatic rings. The van der Waals surface area contributed by atoms with Crippen LogP contribution in [-0.2, 0) is 29.0 Å². The summed E-state index contributed by atoms with van der Waals surface area (Å²) in [6, 6.07) is 20.0. The molecule has 5 nitrogen and oxygen atoms in total. The van der Waals surface area contributed by atoms with E-state index in [9.17, 15) is 18.0 Å². The van der Waals surface area contributed by atoms with E-state index in [4.69, 9.17) is 9.94 Å². The molecule has 3 aromatic rings. The van der Waals surface area contributed by atoms with Gasteiger partial charge in [0.1, 0.15) is 6.61 Å². The number of carboxylic acids is 1. The second-order valence-electron chi connectivity index (χ2n) is 8.20. The number of alkyl halides is 3. The van der Waals surface area contributed by atoms with Crippen molar-refractivity contribution in [3.05, 3.63) is 108 Å². The lowest BCUT2D eigenvalue weighted by Crippen LogP contribution is -2.26. The summed E-state index contributed by atoms with van der Waals surface area (Å²) in [4.78, 5) is 16.4. The van der Waals surface area contributed by atoms with E-state index in [1.807, 2.05) is 24.3 Å². The second kappa shape index (κ2) is 12.2. The summed E-state index contributed by atoms with van der Waals surface area (Å²) in [5, 5.41) is 16.2. The number of carbonyl (C=O) groups is 1. The van der Waals surface area contributed by atoms with E-state index in [1.54, 1.807) is 43.3 Å². The first-order valence-electron chi connectivity index (χ1n) is 11.3. The maximum atomic E-state index is 13.7. The van der Waals surface area contributed by atoms with Crippen molar-refractivity contribution in [3.8, 4) is 11.1 Å². The molecule has 1 unspecified atom stereocenters. The molecule has 8 heteroatoms. The molecular formula is C28H27F3N2O3. The minimum absolute atomic E-state index is 0.106. The van der Waals surface area contributed by atoms with E-state index < -0.39 is 23.6 Å². The summed E-state index contributed by atoms with van der Waals surface area (Å²) in [7, 11) is 0. The Morgan fingerprint density at radius 3 is 2.36 bits per heavy atom. The van der Waals surface area contributed by atoms with Crippen LogP contribution in [-0.4, -0.2) is 23.3 Å². The number of nitrogens with one attached hydrogen (secondary N) is 1. The molecule has 0 saturated heterocycles. The molecule has 36 heavy (non-hydrogen) atoms. The van der Waals surface area contributed by atoms with E-state index in [-0.39, 0.29) is 18.7 Å². The third-order valence-corrected chi connectivity index (χ3v) is 5.57. The number of halogens is 3. The first-order valence-corrected chi connectivity index (χ1v) is 11.3. The molecule has 0 amide bonds. The minimum atomic E-state index is -4.50. The van der Waals surface area contributed by atoms with Gasteiger partial charge in [-0.1, -0.05) is 78.0 Å². The molecule has 3 aromatic carbocycles. The van der Waals surface area contributed by atoms with E-state index >= 15 is 0 Å². The maximum Gasteiger partial charge on any atom is 0.417 e. The molecule has 2 N–H and O–H groups in total. The highest BCUT2D eigenvalue weighted by molar-refractivity contribution is 5.98. The summed E-state index contributed by atoms with van der Waals surface area (Å²) >= 11 is 0. The van der Waals surface area contributed by atoms with Gasteiger partial charge in [-0.3, -0.25) is 4.79 Å². The van der Waals surface area contributed by atoms with Crippen LogP contribution in [0.2, 0.25) is 0 Å². The van der Waals surface area contributed by atoms with E-state index in [1.165, 1.54) is 12.1 Å². The van der Waals surface area contributed by atoms with Crippen LogP contribution in [0.5, 0.6) is 0 Å². The largest absolute Gasteiger partial charge is 0.481 e. The third-order valence-electron chi connectivity index (χ3n) is 5.57. The molecule has 188 valence electrons. The first kappa shape index (κ1) is 26.7. The monoisotopic (exact) mass is 496 g/mol. The van der Waals surface area contributed by atoms with E-state index in [2.05, 4.69) is 17.1 Å². The van der Waals surface area contributed by atoms with Crippen LogP contribution in [0.15, 0.2) is 90.6 Å². The van der Waals surface area contributed by atoms with Gasteiger partial charge in [0.2, 0.25) is 0 Å². The number of benzene rings is 3. The lowest BCUT2D eigenvalue weighted by atomic mass is 9.97. The van der Waals surface area contributed by atoms with Crippen molar-refractivity contribution in [2.45, 2.75) is 26.3 Å². The number of hydrogen-bond donors (Lipinski definition) is 2. The Morgan fingerprint density at radius 1 is 1.08 bits per heavy atom. The Morgan fingerprint density at radius 2 is 1.75 bits per heavy atom. The van der Waals surface area contributed by atoms with Gasteiger partial charge in [-0.25, -0.2) is 0 Å². The third kappa shape index (κ3) is 7.29. The van der Waals surface area contributed by atoms with Crippen LogP contribution in [0.1, 0.15) is 29.2 Å². The van der Waals surface area contributed by atoms with Gasteiger partial charge < -0.3 is 15.3 Å². The predicted octanol–water partition coefficient (Wildman–Crippen LogP) is 6.29. The fourth-order valence-corrected chi connectivity index (χ4v) is 3.55. The van der Waals surface area contributed by atoms with Crippen LogP contribution < -0.4 is 5.32 Å². The number of carboxylic acid groups (broad SMARTS) is 1. The summed E-state index contributed by atoms with van der Waals surface area (Å²) < 4.78 is 41.1. The van der Waals surface area contributed by atoms with Crippen molar-refractivity contribution >= 4 is 11.7 Å². The Balaban J connectivity index is 1.61. The van der Waals surface area contributed by atoms with Crippen molar-refractivity contribution in [2.75, 3.05) is 6.54 Å². The van der Waals surface area contributed by atoms with Gasteiger partial charge >= 0.3 is 12.1 Å². The highest BCUT2D eigenvalue weighted by atomic mass is 19.4. The summed E-state index contributed by atoms with van der Waals surface area (Å²) in [6.45, 7) is 5.92. The van der Waals surface area contributed by atoms with E-state index in [0.717, 1.165) is 17.2 Å². The zero-order valence-electron chi connectivity index (χ0n) is 19.8. The van der Waals surface area contributed by atoms with Crippen LogP contribution in [0, 0.1) is 5.92 Å². The zero-order chi connectivity index (χ0) is 26.1.